The molecule has 0 spiro atoms. The molecule has 146 valence electrons. The third-order valence-corrected chi connectivity index (χ3v) is 4.94. The number of rotatable bonds is 5. The van der Waals surface area contributed by atoms with E-state index in [2.05, 4.69) is 15.4 Å². The Hall–Kier alpha value is -4.19. The van der Waals surface area contributed by atoms with Gasteiger partial charge in [-0.3, -0.25) is 14.0 Å². The molecule has 0 aliphatic heterocycles. The number of imidazole rings is 1. The van der Waals surface area contributed by atoms with E-state index in [4.69, 9.17) is 0 Å². The molecule has 1 N–H and O–H groups in total. The van der Waals surface area contributed by atoms with Gasteiger partial charge in [-0.05, 0) is 42.0 Å². The largest absolute Gasteiger partial charge is 0.322 e. The number of anilines is 1. The average Bonchev–Trinajstić information content (AvgIpc) is 3.42. The summed E-state index contributed by atoms with van der Waals surface area (Å²) in [6.45, 7) is 0.627. The molecule has 0 fully saturated rings. The number of benzene rings is 3. The minimum Gasteiger partial charge on any atom is -0.322 e. The molecule has 6 nitrogen and oxygen atoms in total. The van der Waals surface area contributed by atoms with Crippen LogP contribution in [0.25, 0.3) is 16.7 Å². The van der Waals surface area contributed by atoms with Crippen LogP contribution in [0.3, 0.4) is 0 Å². The van der Waals surface area contributed by atoms with Crippen molar-refractivity contribution in [3.05, 3.63) is 109 Å². The van der Waals surface area contributed by atoms with E-state index >= 15 is 0 Å². The first-order chi connectivity index (χ1) is 14.8. The maximum Gasteiger partial charge on any atom is 0.258 e. The molecular formula is C24H19N5O. The maximum absolute atomic E-state index is 12.6. The van der Waals surface area contributed by atoms with Gasteiger partial charge in [-0.25, -0.2) is 4.98 Å². The zero-order valence-electron chi connectivity index (χ0n) is 16.1. The first-order valence-corrected chi connectivity index (χ1v) is 9.66. The van der Waals surface area contributed by atoms with E-state index in [0.717, 1.165) is 28.0 Å². The summed E-state index contributed by atoms with van der Waals surface area (Å²) >= 11 is 0. The number of carbonyl (C=O) groups is 1. The summed E-state index contributed by atoms with van der Waals surface area (Å²) in [5, 5.41) is 7.22. The molecule has 5 aromatic rings. The van der Waals surface area contributed by atoms with Crippen molar-refractivity contribution in [2.45, 2.75) is 6.54 Å². The smallest absolute Gasteiger partial charge is 0.258 e. The van der Waals surface area contributed by atoms with Crippen LogP contribution in [0.2, 0.25) is 0 Å². The second kappa shape index (κ2) is 7.67. The summed E-state index contributed by atoms with van der Waals surface area (Å²) < 4.78 is 3.78. The van der Waals surface area contributed by atoms with Gasteiger partial charge in [-0.15, -0.1) is 0 Å². The topological polar surface area (TPSA) is 64.7 Å². The Morgan fingerprint density at radius 1 is 0.900 bits per heavy atom. The van der Waals surface area contributed by atoms with Crippen molar-refractivity contribution in [2.24, 2.45) is 0 Å². The maximum atomic E-state index is 12.6. The fourth-order valence-electron chi connectivity index (χ4n) is 3.41. The summed E-state index contributed by atoms with van der Waals surface area (Å²) in [7, 11) is 0. The third-order valence-electron chi connectivity index (χ3n) is 4.94. The Labute approximate surface area is 173 Å². The molecule has 2 aromatic heterocycles. The van der Waals surface area contributed by atoms with Gasteiger partial charge in [0.25, 0.3) is 5.91 Å². The van der Waals surface area contributed by atoms with E-state index in [1.807, 2.05) is 83.4 Å². The Bertz CT molecular complexity index is 1300. The first kappa shape index (κ1) is 17.9. The van der Waals surface area contributed by atoms with Crippen LogP contribution in [0, 0.1) is 0 Å². The quantitative estimate of drug-likeness (QED) is 0.477. The van der Waals surface area contributed by atoms with Crippen molar-refractivity contribution in [3.8, 4) is 5.69 Å². The molecule has 30 heavy (non-hydrogen) atoms. The van der Waals surface area contributed by atoms with E-state index in [1.165, 1.54) is 0 Å². The molecule has 0 unspecified atom stereocenters. The van der Waals surface area contributed by atoms with Crippen molar-refractivity contribution >= 4 is 22.6 Å². The summed E-state index contributed by atoms with van der Waals surface area (Å²) in [4.78, 5) is 17.0. The highest BCUT2D eigenvalue weighted by molar-refractivity contribution is 6.04. The van der Waals surface area contributed by atoms with Gasteiger partial charge in [0.15, 0.2) is 0 Å². The highest BCUT2D eigenvalue weighted by atomic mass is 16.1. The zero-order chi connectivity index (χ0) is 20.3. The molecule has 0 saturated carbocycles. The lowest BCUT2D eigenvalue weighted by Gasteiger charge is -2.07. The predicted octanol–water partition coefficient (Wildman–Crippen LogP) is 4.52. The molecule has 0 radical (unpaired) electrons. The highest BCUT2D eigenvalue weighted by Gasteiger charge is 2.10. The van der Waals surface area contributed by atoms with Crippen LogP contribution in [-0.4, -0.2) is 25.2 Å². The second-order valence-corrected chi connectivity index (χ2v) is 7.02. The molecular weight excluding hydrogens is 374 g/mol. The van der Waals surface area contributed by atoms with Gasteiger partial charge in [0.1, 0.15) is 6.33 Å². The fraction of sp³-hybridized carbons (Fsp3) is 0.0417. The normalized spacial score (nSPS) is 10.9. The van der Waals surface area contributed by atoms with Gasteiger partial charge in [0, 0.05) is 17.6 Å². The molecule has 1 amide bonds. The van der Waals surface area contributed by atoms with Gasteiger partial charge >= 0.3 is 0 Å². The predicted molar refractivity (Wildman–Crippen MR) is 117 cm³/mol. The minimum atomic E-state index is -0.185. The molecule has 2 heterocycles. The van der Waals surface area contributed by atoms with Crippen LogP contribution >= 0.6 is 0 Å². The number of fused-ring (bicyclic) bond motifs is 1. The Balaban J connectivity index is 1.29. The number of hydrogen-bond donors (Lipinski definition) is 1. The lowest BCUT2D eigenvalue weighted by atomic mass is 10.2. The standard InChI is InChI=1S/C24H19N5O/c30-24(19-14-26-28(16-19)15-18-6-2-1-3-7-18)27-20-10-12-21(13-11-20)29-17-25-22-8-4-5-9-23(22)29/h1-14,16-17H,15H2,(H,27,30). The third kappa shape index (κ3) is 3.58. The summed E-state index contributed by atoms with van der Waals surface area (Å²) in [6, 6.07) is 25.7. The Morgan fingerprint density at radius 3 is 2.50 bits per heavy atom. The molecule has 0 aliphatic carbocycles. The van der Waals surface area contributed by atoms with Crippen molar-refractivity contribution in [1.29, 1.82) is 0 Å². The molecule has 6 heteroatoms. The van der Waals surface area contributed by atoms with Gasteiger partial charge in [-0.2, -0.15) is 5.10 Å². The van der Waals surface area contributed by atoms with Crippen molar-refractivity contribution in [3.63, 3.8) is 0 Å². The average molecular weight is 393 g/mol. The fourth-order valence-corrected chi connectivity index (χ4v) is 3.41. The number of amides is 1. The number of aromatic nitrogens is 4. The minimum absolute atomic E-state index is 0.185. The molecule has 0 aliphatic rings. The number of nitrogens with one attached hydrogen (secondary N) is 1. The van der Waals surface area contributed by atoms with Crippen LogP contribution in [0.4, 0.5) is 5.69 Å². The van der Waals surface area contributed by atoms with Crippen LogP contribution in [0.1, 0.15) is 15.9 Å². The first-order valence-electron chi connectivity index (χ1n) is 9.66. The van der Waals surface area contributed by atoms with E-state index in [1.54, 1.807) is 23.4 Å². The number of nitrogens with zero attached hydrogens (tertiary/aromatic N) is 4. The van der Waals surface area contributed by atoms with E-state index < -0.39 is 0 Å². The van der Waals surface area contributed by atoms with E-state index in [-0.39, 0.29) is 5.91 Å². The Morgan fingerprint density at radius 2 is 1.67 bits per heavy atom. The SMILES string of the molecule is O=C(Nc1ccc(-n2cnc3ccccc32)cc1)c1cnn(Cc2ccccc2)c1. The second-order valence-electron chi connectivity index (χ2n) is 7.02. The van der Waals surface area contributed by atoms with E-state index in [0.29, 0.717) is 12.1 Å². The highest BCUT2D eigenvalue weighted by Crippen LogP contribution is 2.20. The number of carbonyl (C=O) groups excluding carboxylic acids is 1. The number of para-hydroxylation sites is 2. The van der Waals surface area contributed by atoms with Crippen LogP contribution in [0.5, 0.6) is 0 Å². The van der Waals surface area contributed by atoms with Crippen LogP contribution in [-0.2, 0) is 6.54 Å². The molecule has 0 saturated heterocycles. The number of hydrogen-bond acceptors (Lipinski definition) is 3. The lowest BCUT2D eigenvalue weighted by molar-refractivity contribution is 0.102. The lowest BCUT2D eigenvalue weighted by Crippen LogP contribution is -2.11. The van der Waals surface area contributed by atoms with Crippen molar-refractivity contribution < 1.29 is 4.79 Å². The van der Waals surface area contributed by atoms with E-state index in [9.17, 15) is 4.79 Å². The van der Waals surface area contributed by atoms with Gasteiger partial charge in [-0.1, -0.05) is 42.5 Å². The van der Waals surface area contributed by atoms with Crippen molar-refractivity contribution in [2.75, 3.05) is 5.32 Å². The molecule has 5 rings (SSSR count). The monoisotopic (exact) mass is 393 g/mol. The summed E-state index contributed by atoms with van der Waals surface area (Å²) in [5.41, 5.74) is 5.36. The van der Waals surface area contributed by atoms with Gasteiger partial charge < -0.3 is 5.32 Å². The summed E-state index contributed by atoms with van der Waals surface area (Å²) in [6.07, 6.45) is 5.15. The molecule has 0 atom stereocenters. The summed E-state index contributed by atoms with van der Waals surface area (Å²) in [5.74, 6) is -0.185. The molecule has 0 bridgehead atoms. The van der Waals surface area contributed by atoms with Gasteiger partial charge in [0.05, 0.1) is 29.3 Å². The van der Waals surface area contributed by atoms with Gasteiger partial charge in [0.2, 0.25) is 0 Å². The van der Waals surface area contributed by atoms with Crippen molar-refractivity contribution in [1.82, 2.24) is 19.3 Å². The van der Waals surface area contributed by atoms with Crippen LogP contribution < -0.4 is 5.32 Å². The molecule has 3 aromatic carbocycles. The Kier molecular flexibility index (Phi) is 4.57. The zero-order valence-corrected chi connectivity index (χ0v) is 16.1. The van der Waals surface area contributed by atoms with Crippen LogP contribution in [0.15, 0.2) is 97.6 Å².